The molecular formula is C25H21N5O6S2. The molecule has 0 unspecified atom stereocenters. The van der Waals surface area contributed by atoms with Gasteiger partial charge in [0.25, 0.3) is 0 Å². The highest BCUT2D eigenvalue weighted by atomic mass is 32.3. The van der Waals surface area contributed by atoms with Crippen LogP contribution in [0.15, 0.2) is 101 Å². The van der Waals surface area contributed by atoms with Crippen LogP contribution in [-0.4, -0.2) is 29.6 Å². The summed E-state index contributed by atoms with van der Waals surface area (Å²) in [4.78, 5) is 10.7. The third kappa shape index (κ3) is 5.98. The first kappa shape index (κ1) is 26.8. The summed E-state index contributed by atoms with van der Waals surface area (Å²) < 4.78 is 34.8. The maximum atomic E-state index is 11.1. The highest BCUT2D eigenvalue weighted by Gasteiger charge is 2.24. The number of fused-ring (bicyclic) bond motifs is 1. The number of rotatable bonds is 6. The first-order valence-electron chi connectivity index (χ1n) is 11.0. The third-order valence-electron chi connectivity index (χ3n) is 5.33. The number of para-hydroxylation sites is 2. The molecular weight excluding hydrogens is 530 g/mol. The van der Waals surface area contributed by atoms with Crippen molar-refractivity contribution in [3.63, 3.8) is 0 Å². The van der Waals surface area contributed by atoms with Crippen LogP contribution in [0.25, 0.3) is 27.8 Å². The fraction of sp³-hybridized carbons (Fsp3) is 0.0800. The van der Waals surface area contributed by atoms with Gasteiger partial charge >= 0.3 is 10.1 Å². The van der Waals surface area contributed by atoms with E-state index < -0.39 is 15.3 Å². The summed E-state index contributed by atoms with van der Waals surface area (Å²) in [5.74, 6) is 0. The third-order valence-corrected chi connectivity index (χ3v) is 6.75. The second kappa shape index (κ2) is 11.4. The van der Waals surface area contributed by atoms with E-state index in [-0.39, 0.29) is 5.00 Å². The van der Waals surface area contributed by atoms with Crippen LogP contribution >= 0.6 is 11.3 Å². The van der Waals surface area contributed by atoms with E-state index in [0.29, 0.717) is 10.8 Å². The molecule has 194 valence electrons. The van der Waals surface area contributed by atoms with Gasteiger partial charge in [0.2, 0.25) is 10.4 Å². The Morgan fingerprint density at radius 1 is 0.947 bits per heavy atom. The van der Waals surface area contributed by atoms with Gasteiger partial charge in [-0.1, -0.05) is 66.7 Å². The van der Waals surface area contributed by atoms with Crippen LogP contribution in [0.5, 0.6) is 0 Å². The number of hydrogen-bond donors (Lipinski definition) is 0. The summed E-state index contributed by atoms with van der Waals surface area (Å²) >= 11 is 0.994. The summed E-state index contributed by atoms with van der Waals surface area (Å²) in [5.41, 5.74) is 4.65. The first-order valence-corrected chi connectivity index (χ1v) is 13.2. The maximum absolute atomic E-state index is 11.1. The Morgan fingerprint density at radius 3 is 2.11 bits per heavy atom. The van der Waals surface area contributed by atoms with Crippen LogP contribution in [-0.2, 0) is 21.6 Å². The number of nitrogens with zero attached hydrogens (tertiary/aromatic N) is 5. The highest BCUT2D eigenvalue weighted by molar-refractivity contribution is 7.80. The van der Waals surface area contributed by atoms with Gasteiger partial charge in [-0.15, -0.1) is 0 Å². The van der Waals surface area contributed by atoms with Gasteiger partial charge in [-0.2, -0.15) is 0 Å². The van der Waals surface area contributed by atoms with Crippen LogP contribution in [0.2, 0.25) is 0 Å². The van der Waals surface area contributed by atoms with Crippen LogP contribution in [0.1, 0.15) is 0 Å². The molecule has 0 aliphatic carbocycles. The van der Waals surface area contributed by atoms with Crippen molar-refractivity contribution < 1.29 is 26.6 Å². The Kier molecular flexibility index (Phi) is 8.02. The van der Waals surface area contributed by atoms with Gasteiger partial charge in [-0.25, -0.2) is 13.0 Å². The molecule has 0 N–H and O–H groups in total. The van der Waals surface area contributed by atoms with Gasteiger partial charge < -0.3 is 9.12 Å². The van der Waals surface area contributed by atoms with Gasteiger partial charge in [0.1, 0.15) is 5.69 Å². The molecule has 5 rings (SSSR count). The monoisotopic (exact) mass is 551 g/mol. The summed E-state index contributed by atoms with van der Waals surface area (Å²) in [6.45, 7) is 0. The van der Waals surface area contributed by atoms with Crippen molar-refractivity contribution in [3.05, 3.63) is 101 Å². The minimum Gasteiger partial charge on any atom is -0.726 e. The Hall–Kier alpha value is -4.30. The van der Waals surface area contributed by atoms with Crippen molar-refractivity contribution in [3.8, 4) is 16.9 Å². The summed E-state index contributed by atoms with van der Waals surface area (Å²) in [6.07, 6.45) is 1.45. The number of nitro groups is 1. The van der Waals surface area contributed by atoms with Gasteiger partial charge in [0.15, 0.2) is 6.20 Å². The lowest BCUT2D eigenvalue weighted by atomic mass is 10.1. The molecule has 13 heteroatoms. The molecule has 0 saturated heterocycles. The molecule has 38 heavy (non-hydrogen) atoms. The lowest BCUT2D eigenvalue weighted by Gasteiger charge is -2.11. The number of aryl methyl sites for hydroxylation is 1. The minimum atomic E-state index is -4.41. The molecule has 0 spiro atoms. The average molecular weight is 552 g/mol. The molecule has 0 aliphatic rings. The second-order valence-electron chi connectivity index (χ2n) is 7.75. The molecule has 2 heterocycles. The van der Waals surface area contributed by atoms with Crippen LogP contribution in [0.4, 0.5) is 15.8 Å². The predicted molar refractivity (Wildman–Crippen MR) is 142 cm³/mol. The zero-order valence-corrected chi connectivity index (χ0v) is 21.8. The topological polar surface area (TPSA) is 143 Å². The molecule has 3 aromatic carbocycles. The zero-order valence-electron chi connectivity index (χ0n) is 20.2. The number of azo groups is 1. The van der Waals surface area contributed by atoms with E-state index in [1.54, 1.807) is 11.6 Å². The van der Waals surface area contributed by atoms with Crippen molar-refractivity contribution in [1.29, 1.82) is 0 Å². The zero-order chi connectivity index (χ0) is 27.3. The van der Waals surface area contributed by atoms with Crippen LogP contribution in [0.3, 0.4) is 0 Å². The molecule has 0 amide bonds. The molecule has 0 aliphatic heterocycles. The van der Waals surface area contributed by atoms with Crippen LogP contribution in [0, 0.1) is 10.1 Å². The largest absolute Gasteiger partial charge is 0.726 e. The Bertz CT molecular complexity index is 1720. The fourth-order valence-corrected chi connectivity index (χ4v) is 4.46. The van der Waals surface area contributed by atoms with Gasteiger partial charge in [-0.3, -0.25) is 14.3 Å². The van der Waals surface area contributed by atoms with E-state index in [1.165, 1.54) is 6.20 Å². The molecule has 11 nitrogen and oxygen atoms in total. The van der Waals surface area contributed by atoms with E-state index in [4.69, 9.17) is 0 Å². The fourth-order valence-electron chi connectivity index (χ4n) is 3.71. The summed E-state index contributed by atoms with van der Waals surface area (Å²) in [7, 11) is -1.88. The van der Waals surface area contributed by atoms with Gasteiger partial charge in [0.05, 0.1) is 35.4 Å². The molecule has 0 bridgehead atoms. The Labute approximate surface area is 222 Å². The van der Waals surface area contributed by atoms with Crippen molar-refractivity contribution in [2.24, 2.45) is 17.3 Å². The Balaban J connectivity index is 0.000000505. The predicted octanol–water partition coefficient (Wildman–Crippen LogP) is 5.60. The number of thiazole rings is 1. The number of hydrogen-bond acceptors (Lipinski definition) is 9. The average Bonchev–Trinajstić information content (AvgIpc) is 3.46. The van der Waals surface area contributed by atoms with Crippen molar-refractivity contribution in [2.45, 2.75) is 0 Å². The summed E-state index contributed by atoms with van der Waals surface area (Å²) in [6, 6.07) is 28.2. The SMILES string of the molecule is COS(=O)(=O)[O-].C[n+]1cc([N+](=O)[O-])sc1N=Nc1c(-c2ccccc2)n(-c2ccccc2)c2ccccc12. The maximum Gasteiger partial charge on any atom is 0.414 e. The van der Waals surface area contributed by atoms with Gasteiger partial charge in [-0.05, 0) is 23.3 Å². The molecule has 0 atom stereocenters. The van der Waals surface area contributed by atoms with Crippen molar-refractivity contribution in [2.75, 3.05) is 7.11 Å². The highest BCUT2D eigenvalue weighted by Crippen LogP contribution is 2.43. The van der Waals surface area contributed by atoms with E-state index in [9.17, 15) is 23.1 Å². The molecule has 0 fully saturated rings. The number of benzene rings is 3. The van der Waals surface area contributed by atoms with Crippen molar-refractivity contribution in [1.82, 2.24) is 4.57 Å². The standard InChI is InChI=1S/C24H18N5O2S.CH4O4S/c1-27-16-21(29(30)31)32-24(27)26-25-22-19-14-8-9-15-20(19)28(18-12-6-3-7-13-18)23(22)17-10-4-2-5-11-17;1-5-6(2,3)4/h2-16H,1H3;1H3,(H,2,3,4)/q+1;/p-1. The molecule has 2 aromatic heterocycles. The Morgan fingerprint density at radius 2 is 1.53 bits per heavy atom. The summed E-state index contributed by atoms with van der Waals surface area (Å²) in [5, 5.41) is 21.6. The van der Waals surface area contributed by atoms with Crippen LogP contribution < -0.4 is 4.57 Å². The minimum absolute atomic E-state index is 0.0245. The van der Waals surface area contributed by atoms with E-state index in [2.05, 4.69) is 37.2 Å². The normalized spacial score (nSPS) is 11.4. The quantitative estimate of drug-likeness (QED) is 0.0671. The van der Waals surface area contributed by atoms with E-state index in [1.807, 2.05) is 66.7 Å². The van der Waals surface area contributed by atoms with Gasteiger partial charge in [0, 0.05) is 28.0 Å². The first-order chi connectivity index (χ1) is 18.2. The second-order valence-corrected chi connectivity index (χ2v) is 9.88. The smallest absolute Gasteiger partial charge is 0.414 e. The molecule has 5 aromatic rings. The number of aromatic nitrogens is 2. The lowest BCUT2D eigenvalue weighted by molar-refractivity contribution is -0.656. The van der Waals surface area contributed by atoms with E-state index >= 15 is 0 Å². The lowest BCUT2D eigenvalue weighted by Crippen LogP contribution is -2.23. The van der Waals surface area contributed by atoms with E-state index in [0.717, 1.165) is 46.3 Å². The molecule has 0 radical (unpaired) electrons. The van der Waals surface area contributed by atoms with Crippen molar-refractivity contribution >= 4 is 48.5 Å². The molecule has 0 saturated carbocycles.